The molecule has 0 aromatic carbocycles. The van der Waals surface area contributed by atoms with Gasteiger partial charge in [-0.2, -0.15) is 4.39 Å². The number of aromatic amines is 1. The fourth-order valence-corrected chi connectivity index (χ4v) is 0.997. The zero-order valence-electron chi connectivity index (χ0n) is 8.03. The van der Waals surface area contributed by atoms with E-state index in [0.29, 0.717) is 13.2 Å². The van der Waals surface area contributed by atoms with Gasteiger partial charge in [-0.1, -0.05) is 0 Å². The SMILES string of the molecule is NCCOCCn1cc(F)c(=O)[nH]c1=O. The minimum absolute atomic E-state index is 0.173. The van der Waals surface area contributed by atoms with Gasteiger partial charge in [0.1, 0.15) is 0 Å². The second kappa shape index (κ2) is 5.42. The fraction of sp³-hybridized carbons (Fsp3) is 0.500. The summed E-state index contributed by atoms with van der Waals surface area (Å²) in [5, 5.41) is 0. The van der Waals surface area contributed by atoms with Crippen LogP contribution in [0.25, 0.3) is 0 Å². The van der Waals surface area contributed by atoms with E-state index in [-0.39, 0.29) is 13.2 Å². The van der Waals surface area contributed by atoms with Crippen LogP contribution in [0.2, 0.25) is 0 Å². The van der Waals surface area contributed by atoms with Crippen LogP contribution in [0.3, 0.4) is 0 Å². The number of nitrogens with zero attached hydrogens (tertiary/aromatic N) is 1. The Morgan fingerprint density at radius 3 is 2.87 bits per heavy atom. The molecule has 0 radical (unpaired) electrons. The molecular weight excluding hydrogens is 205 g/mol. The first-order valence-electron chi connectivity index (χ1n) is 4.42. The Kier molecular flexibility index (Phi) is 4.19. The van der Waals surface area contributed by atoms with Crippen LogP contribution < -0.4 is 17.0 Å². The highest BCUT2D eigenvalue weighted by molar-refractivity contribution is 4.86. The minimum Gasteiger partial charge on any atom is -0.378 e. The van der Waals surface area contributed by atoms with E-state index in [1.807, 2.05) is 4.98 Å². The first-order valence-corrected chi connectivity index (χ1v) is 4.42. The summed E-state index contributed by atoms with van der Waals surface area (Å²) < 4.78 is 18.8. The summed E-state index contributed by atoms with van der Waals surface area (Å²) in [6.07, 6.45) is 0.854. The predicted octanol–water partition coefficient (Wildman–Crippen LogP) is -1.35. The Bertz CT molecular complexity index is 426. The molecule has 15 heavy (non-hydrogen) atoms. The van der Waals surface area contributed by atoms with Crippen molar-refractivity contribution in [2.24, 2.45) is 5.73 Å². The van der Waals surface area contributed by atoms with E-state index in [0.717, 1.165) is 10.8 Å². The maximum atomic E-state index is 12.8. The van der Waals surface area contributed by atoms with Gasteiger partial charge in [0.25, 0.3) is 5.56 Å². The highest BCUT2D eigenvalue weighted by Gasteiger charge is 2.02. The number of H-pyrrole nitrogens is 1. The summed E-state index contributed by atoms with van der Waals surface area (Å²) in [6.45, 7) is 1.17. The molecule has 0 amide bonds. The summed E-state index contributed by atoms with van der Waals surface area (Å²) >= 11 is 0. The van der Waals surface area contributed by atoms with Crippen molar-refractivity contribution < 1.29 is 9.13 Å². The molecule has 0 aliphatic rings. The van der Waals surface area contributed by atoms with Crippen LogP contribution in [-0.2, 0) is 11.3 Å². The van der Waals surface area contributed by atoms with Gasteiger partial charge in [0.15, 0.2) is 0 Å². The Morgan fingerprint density at radius 1 is 1.47 bits per heavy atom. The summed E-state index contributed by atoms with van der Waals surface area (Å²) in [4.78, 5) is 23.6. The van der Waals surface area contributed by atoms with Crippen molar-refractivity contribution in [1.29, 1.82) is 0 Å². The summed E-state index contributed by atoms with van der Waals surface area (Å²) in [7, 11) is 0. The number of rotatable bonds is 5. The van der Waals surface area contributed by atoms with E-state index in [1.54, 1.807) is 0 Å². The lowest BCUT2D eigenvalue weighted by Crippen LogP contribution is -2.32. The van der Waals surface area contributed by atoms with Gasteiger partial charge in [0, 0.05) is 6.54 Å². The molecule has 1 rings (SSSR count). The third kappa shape index (κ3) is 3.30. The van der Waals surface area contributed by atoms with Crippen molar-refractivity contribution in [3.63, 3.8) is 0 Å². The van der Waals surface area contributed by atoms with Crippen molar-refractivity contribution in [2.45, 2.75) is 6.54 Å². The summed E-state index contributed by atoms with van der Waals surface area (Å²) in [6, 6.07) is 0. The molecule has 7 heteroatoms. The van der Waals surface area contributed by atoms with Crippen LogP contribution in [0, 0.1) is 5.82 Å². The quantitative estimate of drug-likeness (QED) is 0.597. The summed E-state index contributed by atoms with van der Waals surface area (Å²) in [5.74, 6) is -0.992. The van der Waals surface area contributed by atoms with Crippen LogP contribution >= 0.6 is 0 Å². The lowest BCUT2D eigenvalue weighted by molar-refractivity contribution is 0.132. The Balaban J connectivity index is 2.66. The highest BCUT2D eigenvalue weighted by Crippen LogP contribution is 1.85. The monoisotopic (exact) mass is 217 g/mol. The molecular formula is C8H12FN3O3. The zero-order chi connectivity index (χ0) is 11.3. The maximum Gasteiger partial charge on any atom is 0.328 e. The van der Waals surface area contributed by atoms with Crippen molar-refractivity contribution in [1.82, 2.24) is 9.55 Å². The topological polar surface area (TPSA) is 90.1 Å². The first kappa shape index (κ1) is 11.6. The van der Waals surface area contributed by atoms with Gasteiger partial charge in [0.2, 0.25) is 5.82 Å². The molecule has 1 aromatic heterocycles. The molecule has 0 saturated heterocycles. The number of nitrogens with two attached hydrogens (primary N) is 1. The second-order valence-electron chi connectivity index (χ2n) is 2.83. The average molecular weight is 217 g/mol. The Morgan fingerprint density at radius 2 is 2.20 bits per heavy atom. The fourth-order valence-electron chi connectivity index (χ4n) is 0.997. The number of ether oxygens (including phenoxy) is 1. The van der Waals surface area contributed by atoms with Crippen LogP contribution in [0.4, 0.5) is 4.39 Å². The molecule has 0 bridgehead atoms. The molecule has 0 atom stereocenters. The molecule has 0 aliphatic carbocycles. The molecule has 84 valence electrons. The molecule has 0 aliphatic heterocycles. The number of nitrogens with one attached hydrogen (secondary N) is 1. The number of hydrogen-bond donors (Lipinski definition) is 2. The molecule has 0 unspecified atom stereocenters. The summed E-state index contributed by atoms with van der Waals surface area (Å²) in [5.41, 5.74) is 3.51. The van der Waals surface area contributed by atoms with E-state index in [2.05, 4.69) is 0 Å². The largest absolute Gasteiger partial charge is 0.378 e. The van der Waals surface area contributed by atoms with Gasteiger partial charge in [0.05, 0.1) is 26.0 Å². The first-order chi connectivity index (χ1) is 7.15. The van der Waals surface area contributed by atoms with E-state index >= 15 is 0 Å². The standard InChI is InChI=1S/C8H12FN3O3/c9-6-5-12(2-4-15-3-1-10)8(14)11-7(6)13/h5H,1-4,10H2,(H,11,13,14). The predicted molar refractivity (Wildman–Crippen MR) is 51.2 cm³/mol. The lowest BCUT2D eigenvalue weighted by atomic mass is 10.5. The highest BCUT2D eigenvalue weighted by atomic mass is 19.1. The van der Waals surface area contributed by atoms with Gasteiger partial charge in [-0.25, -0.2) is 4.79 Å². The minimum atomic E-state index is -1.01. The molecule has 1 heterocycles. The molecule has 0 fully saturated rings. The molecule has 3 N–H and O–H groups in total. The lowest BCUT2D eigenvalue weighted by Gasteiger charge is -2.05. The van der Waals surface area contributed by atoms with Gasteiger partial charge in [-0.15, -0.1) is 0 Å². The van der Waals surface area contributed by atoms with Crippen LogP contribution in [0.15, 0.2) is 15.8 Å². The van der Waals surface area contributed by atoms with Crippen LogP contribution in [-0.4, -0.2) is 29.3 Å². The molecule has 1 aromatic rings. The smallest absolute Gasteiger partial charge is 0.328 e. The van der Waals surface area contributed by atoms with Crippen LogP contribution in [0.1, 0.15) is 0 Å². The van der Waals surface area contributed by atoms with Crippen molar-refractivity contribution in [3.8, 4) is 0 Å². The second-order valence-corrected chi connectivity index (χ2v) is 2.83. The number of aromatic nitrogens is 2. The zero-order valence-corrected chi connectivity index (χ0v) is 8.03. The average Bonchev–Trinajstić information content (AvgIpc) is 2.20. The number of hydrogen-bond acceptors (Lipinski definition) is 4. The molecule has 6 nitrogen and oxygen atoms in total. The third-order valence-corrected chi connectivity index (χ3v) is 1.71. The van der Waals surface area contributed by atoms with E-state index in [9.17, 15) is 14.0 Å². The van der Waals surface area contributed by atoms with Crippen molar-refractivity contribution in [2.75, 3.05) is 19.8 Å². The Labute approximate surface area is 84.5 Å². The maximum absolute atomic E-state index is 12.8. The van der Waals surface area contributed by atoms with Crippen LogP contribution in [0.5, 0.6) is 0 Å². The van der Waals surface area contributed by atoms with Gasteiger partial charge in [-0.05, 0) is 0 Å². The van der Waals surface area contributed by atoms with Gasteiger partial charge in [-0.3, -0.25) is 14.3 Å². The van der Waals surface area contributed by atoms with E-state index in [1.165, 1.54) is 0 Å². The normalized spacial score (nSPS) is 10.5. The van der Waals surface area contributed by atoms with E-state index < -0.39 is 17.1 Å². The third-order valence-electron chi connectivity index (χ3n) is 1.71. The number of halogens is 1. The molecule has 0 saturated carbocycles. The van der Waals surface area contributed by atoms with Crippen molar-refractivity contribution in [3.05, 3.63) is 32.9 Å². The van der Waals surface area contributed by atoms with Gasteiger partial charge >= 0.3 is 5.69 Å². The van der Waals surface area contributed by atoms with Crippen molar-refractivity contribution >= 4 is 0 Å². The van der Waals surface area contributed by atoms with Gasteiger partial charge < -0.3 is 10.5 Å². The van der Waals surface area contributed by atoms with E-state index in [4.69, 9.17) is 10.5 Å². The Hall–Kier alpha value is -1.47. The molecule has 0 spiro atoms.